The standard InChI is InChI=1S/C14H20N4O3S/c1-17(2)9-8-16-14(19)11-18(22(3,20)21)13-7-5-4-6-12(13)10-15/h4-7H,8-9,11H2,1-3H3,(H,16,19). The molecule has 120 valence electrons. The first-order valence-corrected chi connectivity index (χ1v) is 8.49. The highest BCUT2D eigenvalue weighted by molar-refractivity contribution is 7.92. The molecule has 0 aromatic heterocycles. The van der Waals surface area contributed by atoms with Crippen LogP contribution in [-0.4, -0.2) is 59.2 Å². The van der Waals surface area contributed by atoms with Gasteiger partial charge in [0.15, 0.2) is 0 Å². The first kappa shape index (κ1) is 17.9. The monoisotopic (exact) mass is 324 g/mol. The quantitative estimate of drug-likeness (QED) is 0.762. The van der Waals surface area contributed by atoms with Gasteiger partial charge < -0.3 is 10.2 Å². The van der Waals surface area contributed by atoms with E-state index in [9.17, 15) is 13.2 Å². The lowest BCUT2D eigenvalue weighted by molar-refractivity contribution is -0.119. The highest BCUT2D eigenvalue weighted by atomic mass is 32.2. The zero-order chi connectivity index (χ0) is 16.8. The highest BCUT2D eigenvalue weighted by Crippen LogP contribution is 2.21. The van der Waals surface area contributed by atoms with E-state index >= 15 is 0 Å². The van der Waals surface area contributed by atoms with Crippen LogP contribution in [-0.2, 0) is 14.8 Å². The molecule has 1 aromatic rings. The molecule has 0 spiro atoms. The lowest BCUT2D eigenvalue weighted by Crippen LogP contribution is -2.42. The average molecular weight is 324 g/mol. The Morgan fingerprint density at radius 1 is 1.32 bits per heavy atom. The number of benzene rings is 1. The maximum absolute atomic E-state index is 11.9. The summed E-state index contributed by atoms with van der Waals surface area (Å²) in [6.07, 6.45) is 1.01. The van der Waals surface area contributed by atoms with Gasteiger partial charge in [-0.25, -0.2) is 8.42 Å². The number of para-hydroxylation sites is 1. The van der Waals surface area contributed by atoms with Crippen molar-refractivity contribution in [2.75, 3.05) is 44.3 Å². The number of carbonyl (C=O) groups excluding carboxylic acids is 1. The summed E-state index contributed by atoms with van der Waals surface area (Å²) in [6, 6.07) is 8.21. The van der Waals surface area contributed by atoms with E-state index in [0.717, 1.165) is 10.6 Å². The fraction of sp³-hybridized carbons (Fsp3) is 0.429. The van der Waals surface area contributed by atoms with E-state index in [2.05, 4.69) is 5.32 Å². The van der Waals surface area contributed by atoms with Crippen LogP contribution in [0.1, 0.15) is 5.56 Å². The molecular weight excluding hydrogens is 304 g/mol. The van der Waals surface area contributed by atoms with E-state index in [-0.39, 0.29) is 17.8 Å². The molecule has 0 bridgehead atoms. The number of likely N-dealkylation sites (N-methyl/N-ethyl adjacent to an activating group) is 1. The Hall–Kier alpha value is -2.11. The number of sulfonamides is 1. The molecule has 1 rings (SSSR count). The molecule has 0 saturated carbocycles. The molecule has 0 radical (unpaired) electrons. The molecule has 22 heavy (non-hydrogen) atoms. The first-order valence-electron chi connectivity index (χ1n) is 6.64. The SMILES string of the molecule is CN(C)CCNC(=O)CN(c1ccccc1C#N)S(C)(=O)=O. The summed E-state index contributed by atoms with van der Waals surface area (Å²) >= 11 is 0. The first-order chi connectivity index (χ1) is 10.3. The molecule has 0 aliphatic carbocycles. The third-order valence-corrected chi connectivity index (χ3v) is 3.99. The lowest BCUT2D eigenvalue weighted by Gasteiger charge is -2.23. The molecule has 0 unspecified atom stereocenters. The van der Waals surface area contributed by atoms with Crippen LogP contribution in [0.2, 0.25) is 0 Å². The number of amides is 1. The van der Waals surface area contributed by atoms with Gasteiger partial charge in [0.1, 0.15) is 12.6 Å². The second-order valence-corrected chi connectivity index (χ2v) is 6.96. The summed E-state index contributed by atoms with van der Waals surface area (Å²) in [4.78, 5) is 13.8. The number of nitrogens with zero attached hydrogens (tertiary/aromatic N) is 3. The van der Waals surface area contributed by atoms with Crippen LogP contribution in [0.5, 0.6) is 0 Å². The van der Waals surface area contributed by atoms with Crippen LogP contribution < -0.4 is 9.62 Å². The Bertz CT molecular complexity index is 665. The number of hydrogen-bond acceptors (Lipinski definition) is 5. The summed E-state index contributed by atoms with van der Waals surface area (Å²) < 4.78 is 24.8. The van der Waals surface area contributed by atoms with Crippen LogP contribution in [0.25, 0.3) is 0 Å². The summed E-state index contributed by atoms with van der Waals surface area (Å²) in [7, 11) is 0.0703. The zero-order valence-electron chi connectivity index (χ0n) is 12.9. The lowest BCUT2D eigenvalue weighted by atomic mass is 10.2. The van der Waals surface area contributed by atoms with E-state index in [1.807, 2.05) is 25.1 Å². The number of anilines is 1. The normalized spacial score (nSPS) is 11.0. The van der Waals surface area contributed by atoms with Crippen LogP contribution in [0, 0.1) is 11.3 Å². The van der Waals surface area contributed by atoms with Gasteiger partial charge in [-0.3, -0.25) is 9.10 Å². The predicted molar refractivity (Wildman–Crippen MR) is 84.9 cm³/mol. The summed E-state index contributed by atoms with van der Waals surface area (Å²) in [6.45, 7) is 0.716. The summed E-state index contributed by atoms with van der Waals surface area (Å²) in [5.41, 5.74) is 0.407. The molecule has 1 amide bonds. The third kappa shape index (κ3) is 5.35. The number of nitriles is 1. The largest absolute Gasteiger partial charge is 0.353 e. The number of hydrogen-bond donors (Lipinski definition) is 1. The van der Waals surface area contributed by atoms with Crippen LogP contribution in [0.15, 0.2) is 24.3 Å². The van der Waals surface area contributed by atoms with Gasteiger partial charge in [0.2, 0.25) is 15.9 Å². The van der Waals surface area contributed by atoms with Gasteiger partial charge in [-0.05, 0) is 26.2 Å². The fourth-order valence-corrected chi connectivity index (χ4v) is 2.64. The number of rotatable bonds is 7. The van der Waals surface area contributed by atoms with Gasteiger partial charge in [0.05, 0.1) is 17.5 Å². The maximum atomic E-state index is 11.9. The third-order valence-electron chi connectivity index (χ3n) is 2.86. The van der Waals surface area contributed by atoms with Crippen molar-refractivity contribution in [3.63, 3.8) is 0 Å². The number of carbonyl (C=O) groups is 1. The minimum absolute atomic E-state index is 0.203. The summed E-state index contributed by atoms with van der Waals surface area (Å²) in [5, 5.41) is 11.7. The zero-order valence-corrected chi connectivity index (χ0v) is 13.7. The minimum Gasteiger partial charge on any atom is -0.353 e. The summed E-state index contributed by atoms with van der Waals surface area (Å²) in [5.74, 6) is -0.417. The topological polar surface area (TPSA) is 93.5 Å². The Kier molecular flexibility index (Phi) is 6.34. The second-order valence-electron chi connectivity index (χ2n) is 5.05. The Morgan fingerprint density at radius 2 is 1.95 bits per heavy atom. The predicted octanol–water partition coefficient (Wildman–Crippen LogP) is 0.00208. The Labute approximate surface area is 131 Å². The Morgan fingerprint density at radius 3 is 2.50 bits per heavy atom. The smallest absolute Gasteiger partial charge is 0.240 e. The molecule has 1 N–H and O–H groups in total. The van der Waals surface area contributed by atoms with Crippen LogP contribution >= 0.6 is 0 Å². The molecular formula is C14H20N4O3S. The van der Waals surface area contributed by atoms with Gasteiger partial charge in [-0.1, -0.05) is 12.1 Å². The minimum atomic E-state index is -3.68. The molecule has 0 aliphatic rings. The van der Waals surface area contributed by atoms with Crippen LogP contribution in [0.4, 0.5) is 5.69 Å². The molecule has 0 heterocycles. The van der Waals surface area contributed by atoms with Gasteiger partial charge in [-0.15, -0.1) is 0 Å². The van der Waals surface area contributed by atoms with Crippen molar-refractivity contribution >= 4 is 21.6 Å². The molecule has 0 saturated heterocycles. The molecule has 8 heteroatoms. The van der Waals surface area contributed by atoms with Gasteiger partial charge in [0, 0.05) is 13.1 Å². The van der Waals surface area contributed by atoms with Gasteiger partial charge in [-0.2, -0.15) is 5.26 Å². The van der Waals surface area contributed by atoms with Crippen molar-refractivity contribution in [1.29, 1.82) is 5.26 Å². The molecule has 0 atom stereocenters. The van der Waals surface area contributed by atoms with Gasteiger partial charge in [0.25, 0.3) is 0 Å². The van der Waals surface area contributed by atoms with Crippen molar-refractivity contribution in [1.82, 2.24) is 10.2 Å². The van der Waals surface area contributed by atoms with Crippen molar-refractivity contribution in [2.45, 2.75) is 0 Å². The molecule has 7 nitrogen and oxygen atoms in total. The average Bonchev–Trinajstić information content (AvgIpc) is 2.43. The Balaban J connectivity index is 2.92. The van der Waals surface area contributed by atoms with E-state index in [0.29, 0.717) is 13.1 Å². The van der Waals surface area contributed by atoms with E-state index in [4.69, 9.17) is 5.26 Å². The van der Waals surface area contributed by atoms with E-state index in [1.54, 1.807) is 12.1 Å². The van der Waals surface area contributed by atoms with Crippen LogP contribution in [0.3, 0.4) is 0 Å². The maximum Gasteiger partial charge on any atom is 0.240 e. The van der Waals surface area contributed by atoms with E-state index < -0.39 is 15.9 Å². The molecule has 0 fully saturated rings. The molecule has 0 aliphatic heterocycles. The highest BCUT2D eigenvalue weighted by Gasteiger charge is 2.22. The number of nitrogens with one attached hydrogen (secondary N) is 1. The van der Waals surface area contributed by atoms with Crippen molar-refractivity contribution < 1.29 is 13.2 Å². The van der Waals surface area contributed by atoms with Crippen molar-refractivity contribution in [3.8, 4) is 6.07 Å². The second kappa shape index (κ2) is 7.77. The van der Waals surface area contributed by atoms with E-state index in [1.165, 1.54) is 12.1 Å². The van der Waals surface area contributed by atoms with Crippen molar-refractivity contribution in [3.05, 3.63) is 29.8 Å². The fourth-order valence-electron chi connectivity index (χ4n) is 1.77. The molecule has 1 aromatic carbocycles. The van der Waals surface area contributed by atoms with Crippen molar-refractivity contribution in [2.24, 2.45) is 0 Å². The van der Waals surface area contributed by atoms with Gasteiger partial charge >= 0.3 is 0 Å².